The first-order chi connectivity index (χ1) is 9.95. The fraction of sp³-hybridized carbons (Fsp3) is 0.333. The van der Waals surface area contributed by atoms with Gasteiger partial charge in [0.25, 0.3) is 0 Å². The number of hydrogen-bond donors (Lipinski definition) is 2. The minimum absolute atomic E-state index is 0.0809. The van der Waals surface area contributed by atoms with Crippen LogP contribution in [0.3, 0.4) is 0 Å². The first-order valence-corrected chi connectivity index (χ1v) is 7.12. The molecular formula is C15H20ClN5. The van der Waals surface area contributed by atoms with E-state index >= 15 is 0 Å². The van der Waals surface area contributed by atoms with Crippen molar-refractivity contribution in [3.8, 4) is 0 Å². The zero-order valence-electron chi connectivity index (χ0n) is 12.7. The minimum Gasteiger partial charge on any atom is -0.352 e. The second-order valence-corrected chi connectivity index (χ2v) is 5.43. The van der Waals surface area contributed by atoms with Crippen molar-refractivity contribution in [3.63, 3.8) is 0 Å². The summed E-state index contributed by atoms with van der Waals surface area (Å²) in [6.07, 6.45) is 0. The number of aryl methyl sites for hydroxylation is 1. The van der Waals surface area contributed by atoms with Gasteiger partial charge in [-0.15, -0.1) is 0 Å². The van der Waals surface area contributed by atoms with E-state index in [1.54, 1.807) is 0 Å². The molecule has 6 heteroatoms. The summed E-state index contributed by atoms with van der Waals surface area (Å²) in [5.74, 6) is 7.66. The topological polar surface area (TPSA) is 67.1 Å². The molecule has 0 saturated heterocycles. The molecule has 0 radical (unpaired) electrons. The first-order valence-electron chi connectivity index (χ1n) is 6.74. The van der Waals surface area contributed by atoms with Gasteiger partial charge < -0.3 is 10.3 Å². The van der Waals surface area contributed by atoms with E-state index in [0.717, 1.165) is 22.0 Å². The van der Waals surface area contributed by atoms with Gasteiger partial charge in [0.05, 0.1) is 6.04 Å². The van der Waals surface area contributed by atoms with Gasteiger partial charge in [-0.25, -0.2) is 15.8 Å². The van der Waals surface area contributed by atoms with Crippen molar-refractivity contribution >= 4 is 23.2 Å². The Morgan fingerprint density at radius 1 is 1.24 bits per heavy atom. The van der Waals surface area contributed by atoms with Gasteiger partial charge >= 0.3 is 0 Å². The SMILES string of the molecule is Cc1nc(NN)c(C)c(N(C)C(C)c2ccccc2Cl)n1. The summed E-state index contributed by atoms with van der Waals surface area (Å²) in [6, 6.07) is 7.91. The predicted octanol–water partition coefficient (Wildman–Crippen LogP) is 3.23. The van der Waals surface area contributed by atoms with Gasteiger partial charge in [-0.3, -0.25) is 0 Å². The van der Waals surface area contributed by atoms with Crippen molar-refractivity contribution in [1.82, 2.24) is 9.97 Å². The van der Waals surface area contributed by atoms with Crippen LogP contribution in [-0.4, -0.2) is 17.0 Å². The molecule has 1 heterocycles. The zero-order chi connectivity index (χ0) is 15.6. The Balaban J connectivity index is 2.42. The molecule has 0 bridgehead atoms. The van der Waals surface area contributed by atoms with E-state index in [-0.39, 0.29) is 6.04 Å². The van der Waals surface area contributed by atoms with Crippen LogP contribution < -0.4 is 16.2 Å². The molecule has 1 atom stereocenters. The number of nitrogens with one attached hydrogen (secondary N) is 1. The van der Waals surface area contributed by atoms with Crippen LogP contribution in [0.4, 0.5) is 11.6 Å². The number of nitrogen functional groups attached to an aromatic ring is 1. The van der Waals surface area contributed by atoms with Crippen LogP contribution in [-0.2, 0) is 0 Å². The van der Waals surface area contributed by atoms with Crippen LogP contribution in [0.1, 0.15) is 29.9 Å². The van der Waals surface area contributed by atoms with Crippen molar-refractivity contribution in [3.05, 3.63) is 46.2 Å². The van der Waals surface area contributed by atoms with E-state index in [1.807, 2.05) is 45.2 Å². The van der Waals surface area contributed by atoms with Gasteiger partial charge in [-0.1, -0.05) is 29.8 Å². The standard InChI is InChI=1S/C15H20ClN5/c1-9-14(20-17)18-11(3)19-15(9)21(4)10(2)12-7-5-6-8-13(12)16/h5-8,10H,17H2,1-4H3,(H,18,19,20). The largest absolute Gasteiger partial charge is 0.352 e. The molecule has 21 heavy (non-hydrogen) atoms. The lowest BCUT2D eigenvalue weighted by Crippen LogP contribution is -2.25. The normalized spacial score (nSPS) is 12.1. The minimum atomic E-state index is 0.0809. The highest BCUT2D eigenvalue weighted by Gasteiger charge is 2.19. The van der Waals surface area contributed by atoms with E-state index in [2.05, 4.69) is 27.2 Å². The molecule has 0 saturated carbocycles. The lowest BCUT2D eigenvalue weighted by molar-refractivity contribution is 0.721. The molecule has 3 N–H and O–H groups in total. The van der Waals surface area contributed by atoms with Crippen molar-refractivity contribution in [1.29, 1.82) is 0 Å². The molecule has 0 aliphatic carbocycles. The van der Waals surface area contributed by atoms with Crippen molar-refractivity contribution in [2.24, 2.45) is 5.84 Å². The molecular weight excluding hydrogens is 286 g/mol. The lowest BCUT2D eigenvalue weighted by atomic mass is 10.1. The van der Waals surface area contributed by atoms with Crippen molar-refractivity contribution in [2.45, 2.75) is 26.8 Å². The van der Waals surface area contributed by atoms with Crippen LogP contribution in [0.2, 0.25) is 5.02 Å². The number of aromatic nitrogens is 2. The van der Waals surface area contributed by atoms with Crippen LogP contribution in [0.5, 0.6) is 0 Å². The Morgan fingerprint density at radius 3 is 2.52 bits per heavy atom. The zero-order valence-corrected chi connectivity index (χ0v) is 13.4. The number of nitrogens with zero attached hydrogens (tertiary/aromatic N) is 3. The van der Waals surface area contributed by atoms with Gasteiger partial charge in [-0.2, -0.15) is 0 Å². The van der Waals surface area contributed by atoms with Gasteiger partial charge in [0.1, 0.15) is 17.5 Å². The molecule has 1 unspecified atom stereocenters. The third-order valence-corrected chi connectivity index (χ3v) is 3.98. The predicted molar refractivity (Wildman–Crippen MR) is 87.6 cm³/mol. The number of hydrogen-bond acceptors (Lipinski definition) is 5. The number of anilines is 2. The Bertz CT molecular complexity index is 644. The molecule has 1 aromatic heterocycles. The molecule has 112 valence electrons. The van der Waals surface area contributed by atoms with E-state index in [0.29, 0.717) is 11.6 Å². The number of hydrazine groups is 1. The van der Waals surface area contributed by atoms with Crippen LogP contribution >= 0.6 is 11.6 Å². The molecule has 0 fully saturated rings. The van der Waals surface area contributed by atoms with E-state index in [4.69, 9.17) is 17.4 Å². The number of rotatable bonds is 4. The summed E-state index contributed by atoms with van der Waals surface area (Å²) in [5.41, 5.74) is 4.58. The molecule has 0 amide bonds. The maximum atomic E-state index is 6.29. The number of halogens is 1. The van der Waals surface area contributed by atoms with Crippen molar-refractivity contribution < 1.29 is 0 Å². The third kappa shape index (κ3) is 3.09. The lowest BCUT2D eigenvalue weighted by Gasteiger charge is -2.29. The van der Waals surface area contributed by atoms with Gasteiger partial charge in [0, 0.05) is 17.6 Å². The van der Waals surface area contributed by atoms with Crippen LogP contribution in [0, 0.1) is 13.8 Å². The average Bonchev–Trinajstić information content (AvgIpc) is 2.48. The highest BCUT2D eigenvalue weighted by molar-refractivity contribution is 6.31. The fourth-order valence-electron chi connectivity index (χ4n) is 2.30. The maximum Gasteiger partial charge on any atom is 0.148 e. The highest BCUT2D eigenvalue weighted by atomic mass is 35.5. The van der Waals surface area contributed by atoms with E-state index < -0.39 is 0 Å². The average molecular weight is 306 g/mol. The second kappa shape index (κ2) is 6.28. The summed E-state index contributed by atoms with van der Waals surface area (Å²) in [4.78, 5) is 10.9. The van der Waals surface area contributed by atoms with E-state index in [1.165, 1.54) is 0 Å². The molecule has 0 aliphatic heterocycles. The van der Waals surface area contributed by atoms with Crippen LogP contribution in [0.25, 0.3) is 0 Å². The van der Waals surface area contributed by atoms with Gasteiger partial charge in [-0.05, 0) is 32.4 Å². The molecule has 2 rings (SSSR count). The molecule has 2 aromatic rings. The monoisotopic (exact) mass is 305 g/mol. The van der Waals surface area contributed by atoms with Crippen LogP contribution in [0.15, 0.2) is 24.3 Å². The van der Waals surface area contributed by atoms with Gasteiger partial charge in [0.15, 0.2) is 0 Å². The fourth-order valence-corrected chi connectivity index (χ4v) is 2.60. The summed E-state index contributed by atoms with van der Waals surface area (Å²) in [7, 11) is 1.99. The Hall–Kier alpha value is -1.85. The smallest absolute Gasteiger partial charge is 0.148 e. The third-order valence-electron chi connectivity index (χ3n) is 3.64. The highest BCUT2D eigenvalue weighted by Crippen LogP contribution is 2.31. The summed E-state index contributed by atoms with van der Waals surface area (Å²) < 4.78 is 0. The van der Waals surface area contributed by atoms with Crippen molar-refractivity contribution in [2.75, 3.05) is 17.4 Å². The summed E-state index contributed by atoms with van der Waals surface area (Å²) in [5, 5.41) is 0.748. The van der Waals surface area contributed by atoms with Gasteiger partial charge in [0.2, 0.25) is 0 Å². The Morgan fingerprint density at radius 2 is 1.90 bits per heavy atom. The number of nitrogens with two attached hydrogens (primary N) is 1. The molecule has 5 nitrogen and oxygen atoms in total. The second-order valence-electron chi connectivity index (χ2n) is 5.02. The maximum absolute atomic E-state index is 6.29. The summed E-state index contributed by atoms with van der Waals surface area (Å²) in [6.45, 7) is 5.88. The molecule has 1 aromatic carbocycles. The molecule has 0 spiro atoms. The summed E-state index contributed by atoms with van der Waals surface area (Å²) >= 11 is 6.29. The number of benzene rings is 1. The quantitative estimate of drug-likeness (QED) is 0.670. The molecule has 0 aliphatic rings. The van der Waals surface area contributed by atoms with E-state index in [9.17, 15) is 0 Å². The Kier molecular flexibility index (Phi) is 4.65. The first kappa shape index (κ1) is 15.5. The Labute approximate surface area is 130 Å².